The summed E-state index contributed by atoms with van der Waals surface area (Å²) in [6, 6.07) is 8.29. The second-order valence-corrected chi connectivity index (χ2v) is 5.65. The predicted octanol–water partition coefficient (Wildman–Crippen LogP) is 1.05. The first-order valence-electron chi connectivity index (χ1n) is 7.00. The number of rotatable bonds is 9. The summed E-state index contributed by atoms with van der Waals surface area (Å²) in [5.41, 5.74) is 1.08. The Morgan fingerprint density at radius 3 is 2.50 bits per heavy atom. The highest BCUT2D eigenvalue weighted by molar-refractivity contribution is 7.98. The number of aliphatic carboxylic acids is 1. The van der Waals surface area contributed by atoms with Crippen LogP contribution in [0.3, 0.4) is 0 Å². The van der Waals surface area contributed by atoms with Gasteiger partial charge in [-0.1, -0.05) is 30.3 Å². The van der Waals surface area contributed by atoms with Gasteiger partial charge >= 0.3 is 12.0 Å². The van der Waals surface area contributed by atoms with Gasteiger partial charge in [0.1, 0.15) is 6.04 Å². The Bertz CT molecular complexity index is 470. The number of benzene rings is 1. The monoisotopic (exact) mass is 326 g/mol. The van der Waals surface area contributed by atoms with E-state index in [0.29, 0.717) is 18.7 Å². The Labute approximate surface area is 134 Å². The lowest BCUT2D eigenvalue weighted by Crippen LogP contribution is -2.50. The molecule has 1 aromatic carbocycles. The van der Waals surface area contributed by atoms with E-state index in [1.807, 2.05) is 30.3 Å². The molecule has 2 amide bonds. The summed E-state index contributed by atoms with van der Waals surface area (Å²) in [5.74, 6) is -0.762. The molecule has 1 aromatic rings. The van der Waals surface area contributed by atoms with Gasteiger partial charge in [0, 0.05) is 18.8 Å². The van der Waals surface area contributed by atoms with E-state index in [2.05, 4.69) is 5.32 Å². The molecule has 0 aliphatic carbocycles. The highest BCUT2D eigenvalue weighted by Gasteiger charge is 2.22. The maximum atomic E-state index is 12.2. The number of thioether (sulfide) groups is 1. The molecule has 1 rings (SSSR count). The number of aliphatic hydroxyl groups is 1. The van der Waals surface area contributed by atoms with E-state index in [9.17, 15) is 9.59 Å². The van der Waals surface area contributed by atoms with Gasteiger partial charge in [-0.25, -0.2) is 9.59 Å². The number of carbonyl (C=O) groups is 2. The Morgan fingerprint density at radius 2 is 1.95 bits per heavy atom. The number of carbonyl (C=O) groups excluding carboxylic acids is 1. The second kappa shape index (κ2) is 10.1. The van der Waals surface area contributed by atoms with Gasteiger partial charge in [0.15, 0.2) is 0 Å². The molecule has 0 heterocycles. The number of nitrogens with zero attached hydrogens (tertiary/aromatic N) is 1. The van der Waals surface area contributed by atoms with E-state index >= 15 is 0 Å². The van der Waals surface area contributed by atoms with Crippen molar-refractivity contribution in [3.63, 3.8) is 0 Å². The molecule has 122 valence electrons. The molecule has 0 aliphatic heterocycles. The fourth-order valence-electron chi connectivity index (χ4n) is 1.93. The van der Waals surface area contributed by atoms with Gasteiger partial charge in [0.2, 0.25) is 0 Å². The highest BCUT2D eigenvalue weighted by Crippen LogP contribution is 2.03. The molecular weight excluding hydrogens is 304 g/mol. The smallest absolute Gasteiger partial charge is 0.327 e. The zero-order chi connectivity index (χ0) is 16.4. The largest absolute Gasteiger partial charge is 0.480 e. The molecule has 0 fully saturated rings. The molecule has 0 radical (unpaired) electrons. The molecule has 3 N–H and O–H groups in total. The number of carboxylic acid groups (broad SMARTS) is 1. The maximum absolute atomic E-state index is 12.2. The quantitative estimate of drug-likeness (QED) is 0.631. The van der Waals surface area contributed by atoms with Gasteiger partial charge in [-0.05, 0) is 18.2 Å². The van der Waals surface area contributed by atoms with E-state index in [1.54, 1.807) is 6.26 Å². The van der Waals surface area contributed by atoms with Gasteiger partial charge < -0.3 is 20.4 Å². The van der Waals surface area contributed by atoms with Gasteiger partial charge in [-0.15, -0.1) is 0 Å². The summed E-state index contributed by atoms with van der Waals surface area (Å²) in [4.78, 5) is 24.7. The van der Waals surface area contributed by atoms with Crippen LogP contribution < -0.4 is 5.32 Å². The third kappa shape index (κ3) is 6.36. The fraction of sp³-hybridized carbons (Fsp3) is 0.467. The lowest BCUT2D eigenvalue weighted by Gasteiger charge is -2.24. The molecule has 0 bridgehead atoms. The first kappa shape index (κ1) is 18.3. The van der Waals surface area contributed by atoms with Crippen LogP contribution in [0, 0.1) is 0 Å². The van der Waals surface area contributed by atoms with Gasteiger partial charge in [-0.2, -0.15) is 11.8 Å². The van der Waals surface area contributed by atoms with Crippen molar-refractivity contribution in [2.75, 3.05) is 31.7 Å². The number of urea groups is 1. The van der Waals surface area contributed by atoms with Crippen LogP contribution in [0.25, 0.3) is 0 Å². The molecule has 0 spiro atoms. The van der Waals surface area contributed by atoms with Crippen molar-refractivity contribution in [3.05, 3.63) is 35.9 Å². The average Bonchev–Trinajstić information content (AvgIpc) is 2.51. The normalized spacial score (nSPS) is 11.7. The summed E-state index contributed by atoms with van der Waals surface area (Å²) in [6.07, 6.45) is 2.43. The van der Waals surface area contributed by atoms with Crippen LogP contribution in [0.15, 0.2) is 30.3 Å². The van der Waals surface area contributed by atoms with Crippen molar-refractivity contribution in [3.8, 4) is 0 Å². The van der Waals surface area contributed by atoms with Crippen LogP contribution in [-0.2, 0) is 11.2 Å². The van der Waals surface area contributed by atoms with E-state index in [1.165, 1.54) is 16.7 Å². The zero-order valence-corrected chi connectivity index (χ0v) is 13.4. The van der Waals surface area contributed by atoms with Crippen LogP contribution in [0.2, 0.25) is 0 Å². The summed E-state index contributed by atoms with van der Waals surface area (Å²) < 4.78 is 0. The van der Waals surface area contributed by atoms with Crippen LogP contribution in [-0.4, -0.2) is 64.9 Å². The van der Waals surface area contributed by atoms with E-state index in [4.69, 9.17) is 10.2 Å². The lowest BCUT2D eigenvalue weighted by molar-refractivity contribution is -0.138. The minimum absolute atomic E-state index is 0.164. The molecule has 22 heavy (non-hydrogen) atoms. The topological polar surface area (TPSA) is 89.9 Å². The SMILES string of the molecule is CSC[C@H](NC(=O)N(CCO)CCc1ccccc1)C(=O)O. The highest BCUT2D eigenvalue weighted by atomic mass is 32.2. The predicted molar refractivity (Wildman–Crippen MR) is 87.1 cm³/mol. The molecule has 1 atom stereocenters. The molecule has 0 saturated carbocycles. The summed E-state index contributed by atoms with van der Waals surface area (Å²) in [6.45, 7) is 0.425. The van der Waals surface area contributed by atoms with Gasteiger partial charge in [-0.3, -0.25) is 0 Å². The Hall–Kier alpha value is -1.73. The Morgan fingerprint density at radius 1 is 1.27 bits per heavy atom. The number of nitrogens with one attached hydrogen (secondary N) is 1. The number of amides is 2. The van der Waals surface area contributed by atoms with Crippen LogP contribution in [0.1, 0.15) is 5.56 Å². The van der Waals surface area contributed by atoms with Crippen molar-refractivity contribution >= 4 is 23.8 Å². The zero-order valence-electron chi connectivity index (χ0n) is 12.6. The fourth-order valence-corrected chi connectivity index (χ4v) is 2.49. The van der Waals surface area contributed by atoms with Gasteiger partial charge in [0.25, 0.3) is 0 Å². The first-order valence-corrected chi connectivity index (χ1v) is 8.39. The van der Waals surface area contributed by atoms with Crippen molar-refractivity contribution in [1.82, 2.24) is 10.2 Å². The molecule has 0 aliphatic rings. The molecular formula is C15H22N2O4S. The lowest BCUT2D eigenvalue weighted by atomic mass is 10.1. The van der Waals surface area contributed by atoms with Crippen molar-refractivity contribution in [2.24, 2.45) is 0 Å². The van der Waals surface area contributed by atoms with E-state index < -0.39 is 18.0 Å². The van der Waals surface area contributed by atoms with Crippen LogP contribution >= 0.6 is 11.8 Å². The van der Waals surface area contributed by atoms with Crippen molar-refractivity contribution in [1.29, 1.82) is 0 Å². The van der Waals surface area contributed by atoms with E-state index in [-0.39, 0.29) is 13.2 Å². The van der Waals surface area contributed by atoms with Crippen LogP contribution in [0.4, 0.5) is 4.79 Å². The van der Waals surface area contributed by atoms with Crippen molar-refractivity contribution in [2.45, 2.75) is 12.5 Å². The number of aliphatic hydroxyl groups excluding tert-OH is 1. The van der Waals surface area contributed by atoms with Gasteiger partial charge in [0.05, 0.1) is 6.61 Å². The molecule has 6 nitrogen and oxygen atoms in total. The standard InChI is InChI=1S/C15H22N2O4S/c1-22-11-13(14(19)20)16-15(21)17(9-10-18)8-7-12-5-3-2-4-6-12/h2-6,13,18H,7-11H2,1H3,(H,16,21)(H,19,20)/t13-/m0/s1. The number of hydrogen-bond acceptors (Lipinski definition) is 4. The average molecular weight is 326 g/mol. The molecule has 0 saturated heterocycles. The molecule has 7 heteroatoms. The number of carboxylic acids is 1. The van der Waals surface area contributed by atoms with Crippen molar-refractivity contribution < 1.29 is 19.8 Å². The first-order chi connectivity index (χ1) is 10.6. The molecule has 0 aromatic heterocycles. The Balaban J connectivity index is 2.60. The third-order valence-electron chi connectivity index (χ3n) is 3.10. The summed E-state index contributed by atoms with van der Waals surface area (Å²) in [7, 11) is 0. The number of hydrogen-bond donors (Lipinski definition) is 3. The summed E-state index contributed by atoms with van der Waals surface area (Å²) in [5, 5.41) is 20.7. The minimum atomic E-state index is -1.06. The van der Waals surface area contributed by atoms with E-state index in [0.717, 1.165) is 5.56 Å². The maximum Gasteiger partial charge on any atom is 0.327 e. The third-order valence-corrected chi connectivity index (χ3v) is 3.77. The Kier molecular flexibility index (Phi) is 8.39. The molecule has 0 unspecified atom stereocenters. The summed E-state index contributed by atoms with van der Waals surface area (Å²) >= 11 is 1.35. The van der Waals surface area contributed by atoms with Crippen LogP contribution in [0.5, 0.6) is 0 Å². The second-order valence-electron chi connectivity index (χ2n) is 4.74. The minimum Gasteiger partial charge on any atom is -0.480 e.